The minimum absolute atomic E-state index is 0. The molecule has 0 aromatic heterocycles. The fraction of sp³-hybridized carbons (Fsp3) is 0.562. The molecular weight excluding hydrogens is 245 g/mol. The summed E-state index contributed by atoms with van der Waals surface area (Å²) in [6.07, 6.45) is 2.37. The molecule has 0 amide bonds. The maximum atomic E-state index is 4.48. The van der Waals surface area contributed by atoms with E-state index in [-0.39, 0.29) is 17.3 Å². The monoisotopic (exact) mass is 275 g/mol. The molecule has 0 saturated carbocycles. The first kappa shape index (κ1) is 18.6. The molecule has 3 rings (SSSR count). The van der Waals surface area contributed by atoms with Crippen molar-refractivity contribution in [1.29, 1.82) is 0 Å². The van der Waals surface area contributed by atoms with Gasteiger partial charge in [0.15, 0.2) is 5.96 Å². The van der Waals surface area contributed by atoms with Crippen molar-refractivity contribution in [3.63, 3.8) is 0 Å². The molecule has 1 unspecified atom stereocenters. The standard InChI is InChI=1S/C13H17N3.C2H6.CH4.B.H2/c1-16-9-8-14-13(16)15-12-7-6-10-4-2-3-5-11(10)12;1-2;;;/h2-5,12H,6-9H2,1H3,(H,14,15);1-2H3;1H4;;1H/i;;;;1+1. The van der Waals surface area contributed by atoms with E-state index in [0.717, 1.165) is 19.0 Å². The van der Waals surface area contributed by atoms with E-state index >= 15 is 0 Å². The largest absolute Gasteiger partial charge is 0.349 e. The molecule has 1 N–H and O–H groups in total. The zero-order valence-corrected chi connectivity index (χ0v) is 12.2. The number of benzene rings is 1. The van der Waals surface area contributed by atoms with Gasteiger partial charge in [-0.25, -0.2) is 0 Å². The third kappa shape index (κ3) is 3.78. The molecule has 1 aliphatic heterocycles. The third-order valence-corrected chi connectivity index (χ3v) is 3.49. The number of hydrogen-bond acceptors (Lipinski definition) is 3. The van der Waals surface area contributed by atoms with Crippen LogP contribution in [0.3, 0.4) is 0 Å². The van der Waals surface area contributed by atoms with Crippen LogP contribution in [0.1, 0.15) is 46.3 Å². The van der Waals surface area contributed by atoms with Crippen molar-refractivity contribution < 1.29 is 1.43 Å². The lowest BCUT2D eigenvalue weighted by molar-refractivity contribution is 0.511. The van der Waals surface area contributed by atoms with Crippen LogP contribution in [0.4, 0.5) is 0 Å². The van der Waals surface area contributed by atoms with Gasteiger partial charge in [0, 0.05) is 23.4 Å². The van der Waals surface area contributed by atoms with Gasteiger partial charge in [-0.15, -0.1) is 0 Å². The summed E-state index contributed by atoms with van der Waals surface area (Å²) in [5.74, 6) is 1.06. The number of rotatable bonds is 1. The molecular formula is C16H29BN3. The van der Waals surface area contributed by atoms with Crippen molar-refractivity contribution in [2.75, 3.05) is 20.1 Å². The van der Waals surface area contributed by atoms with E-state index in [1.54, 1.807) is 0 Å². The normalized spacial score (nSPS) is 18.9. The molecule has 0 spiro atoms. The Morgan fingerprint density at radius 3 is 2.65 bits per heavy atom. The van der Waals surface area contributed by atoms with Gasteiger partial charge in [-0.1, -0.05) is 45.5 Å². The summed E-state index contributed by atoms with van der Waals surface area (Å²) in [6, 6.07) is 9.17. The first-order valence-corrected chi connectivity index (χ1v) is 6.94. The Morgan fingerprint density at radius 1 is 1.30 bits per heavy atom. The van der Waals surface area contributed by atoms with E-state index in [1.165, 1.54) is 24.0 Å². The van der Waals surface area contributed by atoms with E-state index < -0.39 is 0 Å². The summed E-state index contributed by atoms with van der Waals surface area (Å²) in [5.41, 5.74) is 2.94. The zero-order chi connectivity index (χ0) is 13.0. The fourth-order valence-electron chi connectivity index (χ4n) is 2.55. The van der Waals surface area contributed by atoms with Crippen molar-refractivity contribution in [3.8, 4) is 0 Å². The molecule has 4 heteroatoms. The van der Waals surface area contributed by atoms with Crippen molar-refractivity contribution in [2.24, 2.45) is 4.99 Å². The van der Waals surface area contributed by atoms with Crippen LogP contribution in [-0.2, 0) is 6.42 Å². The van der Waals surface area contributed by atoms with E-state index in [2.05, 4.69) is 46.5 Å². The van der Waals surface area contributed by atoms with Crippen LogP contribution in [0.2, 0.25) is 0 Å². The lowest BCUT2D eigenvalue weighted by Gasteiger charge is -2.20. The van der Waals surface area contributed by atoms with Crippen molar-refractivity contribution in [2.45, 2.75) is 40.2 Å². The molecule has 3 nitrogen and oxygen atoms in total. The lowest BCUT2D eigenvalue weighted by Crippen LogP contribution is -2.37. The van der Waals surface area contributed by atoms with Crippen molar-refractivity contribution in [1.82, 2.24) is 10.2 Å². The number of guanidine groups is 1. The highest BCUT2D eigenvalue weighted by atomic mass is 15.3. The molecule has 0 saturated heterocycles. The topological polar surface area (TPSA) is 27.6 Å². The van der Waals surface area contributed by atoms with Gasteiger partial charge in [-0.2, -0.15) is 0 Å². The number of hydrogen-bond donors (Lipinski definition) is 1. The van der Waals surface area contributed by atoms with Crippen LogP contribution in [0.25, 0.3) is 0 Å². The molecule has 3 radical (unpaired) electrons. The van der Waals surface area contributed by atoms with Gasteiger partial charge in [0.1, 0.15) is 0 Å². The zero-order valence-electron chi connectivity index (χ0n) is 12.2. The average molecular weight is 275 g/mol. The van der Waals surface area contributed by atoms with Crippen LogP contribution in [-0.4, -0.2) is 39.4 Å². The first-order valence-electron chi connectivity index (χ1n) is 6.94. The fourth-order valence-corrected chi connectivity index (χ4v) is 2.55. The molecule has 1 aromatic carbocycles. The number of nitrogens with zero attached hydrogens (tertiary/aromatic N) is 2. The smallest absolute Gasteiger partial charge is 0.194 e. The van der Waals surface area contributed by atoms with E-state index in [0.29, 0.717) is 6.04 Å². The minimum atomic E-state index is 0. The molecule has 0 fully saturated rings. The quantitative estimate of drug-likeness (QED) is 0.797. The van der Waals surface area contributed by atoms with E-state index in [9.17, 15) is 0 Å². The number of nitrogens with one attached hydrogen (secondary N) is 1. The predicted octanol–water partition coefficient (Wildman–Crippen LogP) is 3.09. The lowest BCUT2D eigenvalue weighted by atomic mass is 10.1. The Hall–Kier alpha value is -1.45. The van der Waals surface area contributed by atoms with Gasteiger partial charge in [0.05, 0.1) is 12.6 Å². The van der Waals surface area contributed by atoms with Crippen molar-refractivity contribution >= 4 is 14.4 Å². The summed E-state index contributed by atoms with van der Waals surface area (Å²) < 4.78 is 0. The predicted molar refractivity (Wildman–Crippen MR) is 91.5 cm³/mol. The molecule has 111 valence electrons. The van der Waals surface area contributed by atoms with Crippen LogP contribution >= 0.6 is 0 Å². The van der Waals surface area contributed by atoms with E-state index in [1.807, 2.05) is 13.8 Å². The summed E-state index contributed by atoms with van der Waals surface area (Å²) in [5, 5.41) is 3.56. The third-order valence-electron chi connectivity index (χ3n) is 3.49. The van der Waals surface area contributed by atoms with Crippen LogP contribution < -0.4 is 5.32 Å². The second-order valence-corrected chi connectivity index (χ2v) is 4.56. The average Bonchev–Trinajstić information content (AvgIpc) is 3.01. The van der Waals surface area contributed by atoms with Gasteiger partial charge in [-0.05, 0) is 24.0 Å². The van der Waals surface area contributed by atoms with Gasteiger partial charge in [-0.3, -0.25) is 4.99 Å². The number of aliphatic imine (C=N–C) groups is 1. The highest BCUT2D eigenvalue weighted by molar-refractivity contribution is 5.81. The highest BCUT2D eigenvalue weighted by Gasteiger charge is 2.24. The molecule has 1 aromatic rings. The maximum Gasteiger partial charge on any atom is 0.194 e. The minimum Gasteiger partial charge on any atom is -0.349 e. The Labute approximate surface area is 127 Å². The van der Waals surface area contributed by atoms with Crippen LogP contribution in [0.15, 0.2) is 29.3 Å². The maximum absolute atomic E-state index is 4.48. The summed E-state index contributed by atoms with van der Waals surface area (Å²) in [6.45, 7) is 5.96. The number of aryl methyl sites for hydroxylation is 1. The Morgan fingerprint density at radius 2 is 2.00 bits per heavy atom. The van der Waals surface area contributed by atoms with Crippen LogP contribution in [0.5, 0.6) is 0 Å². The molecule has 1 aliphatic carbocycles. The summed E-state index contributed by atoms with van der Waals surface area (Å²) >= 11 is 0. The molecule has 2 aliphatic rings. The van der Waals surface area contributed by atoms with Gasteiger partial charge in [0.25, 0.3) is 0 Å². The molecule has 20 heavy (non-hydrogen) atoms. The summed E-state index contributed by atoms with van der Waals surface area (Å²) in [7, 11) is 2.10. The second kappa shape index (κ2) is 8.67. The van der Waals surface area contributed by atoms with Gasteiger partial charge >= 0.3 is 0 Å². The SMILES string of the molecule is C.CC.CN1CCN=C1NC1CCc2ccccc21.[2HH].[B]. The summed E-state index contributed by atoms with van der Waals surface area (Å²) in [4.78, 5) is 6.68. The molecule has 1 heterocycles. The Bertz CT molecular complexity index is 437. The molecule has 0 bridgehead atoms. The van der Waals surface area contributed by atoms with Crippen molar-refractivity contribution in [3.05, 3.63) is 35.4 Å². The number of likely N-dealkylation sites (N-methyl/N-ethyl adjacent to an activating group) is 1. The Balaban J connectivity index is 0. The molecule has 1 atom stereocenters. The highest BCUT2D eigenvalue weighted by Crippen LogP contribution is 2.30. The Kier molecular flexibility index (Phi) is 8.04. The number of fused-ring (bicyclic) bond motifs is 1. The first-order chi connectivity index (χ1) is 8.84. The van der Waals surface area contributed by atoms with Crippen LogP contribution in [0, 0.1) is 0 Å². The second-order valence-electron chi connectivity index (χ2n) is 4.56. The van der Waals surface area contributed by atoms with Gasteiger partial charge < -0.3 is 10.2 Å². The van der Waals surface area contributed by atoms with E-state index in [4.69, 9.17) is 0 Å². The van der Waals surface area contributed by atoms with Gasteiger partial charge in [0.2, 0.25) is 0 Å².